The van der Waals surface area contributed by atoms with Crippen LogP contribution in [0.4, 0.5) is 0 Å². The van der Waals surface area contributed by atoms with E-state index in [0.717, 1.165) is 12.0 Å². The first-order valence-corrected chi connectivity index (χ1v) is 10.6. The van der Waals surface area contributed by atoms with Gasteiger partial charge in [0, 0.05) is 30.8 Å². The monoisotopic (exact) mass is 404 g/mol. The van der Waals surface area contributed by atoms with Crippen LogP contribution < -0.4 is 10.1 Å². The average Bonchev–Trinajstić information content (AvgIpc) is 2.67. The lowest BCUT2D eigenvalue weighted by atomic mass is 10.1. The van der Waals surface area contributed by atoms with E-state index in [-0.39, 0.29) is 23.4 Å². The minimum absolute atomic E-state index is 0.0580. The fourth-order valence-electron chi connectivity index (χ4n) is 2.67. The largest absolute Gasteiger partial charge is 0.496 e. The molecule has 0 bridgehead atoms. The molecule has 0 aliphatic rings. The number of nitrogens with one attached hydrogen (secondary N) is 1. The summed E-state index contributed by atoms with van der Waals surface area (Å²) in [6, 6.07) is 11.8. The summed E-state index contributed by atoms with van der Waals surface area (Å²) in [6.45, 7) is 5.92. The van der Waals surface area contributed by atoms with Gasteiger partial charge in [0.25, 0.3) is 5.91 Å². The lowest BCUT2D eigenvalue weighted by molar-refractivity contribution is 0.0939. The number of methoxy groups -OCH3 is 1. The predicted molar refractivity (Wildman–Crippen MR) is 110 cm³/mol. The first-order valence-electron chi connectivity index (χ1n) is 9.19. The zero-order chi connectivity index (χ0) is 20.9. The van der Waals surface area contributed by atoms with Gasteiger partial charge in [0.1, 0.15) is 5.75 Å². The van der Waals surface area contributed by atoms with Crippen LogP contribution in [0.1, 0.15) is 41.8 Å². The van der Waals surface area contributed by atoms with Crippen LogP contribution in [0.2, 0.25) is 0 Å². The van der Waals surface area contributed by atoms with Gasteiger partial charge in [-0.1, -0.05) is 24.6 Å². The topological polar surface area (TPSA) is 75.7 Å². The van der Waals surface area contributed by atoms with Crippen LogP contribution in [-0.4, -0.2) is 38.8 Å². The van der Waals surface area contributed by atoms with Crippen LogP contribution in [0.25, 0.3) is 0 Å². The number of hydrogen-bond donors (Lipinski definition) is 1. The number of amides is 1. The molecule has 1 N–H and O–H groups in total. The van der Waals surface area contributed by atoms with Crippen molar-refractivity contribution in [3.8, 4) is 5.75 Å². The van der Waals surface area contributed by atoms with E-state index in [0.29, 0.717) is 16.9 Å². The summed E-state index contributed by atoms with van der Waals surface area (Å²) in [4.78, 5) is 12.6. The standard InChI is InChI=1S/C21H28N2O4S/c1-6-16(3)22-21(24)17-9-12-20(27-5)18(13-17)14-23(4)28(25,26)19-10-7-15(2)8-11-19/h7-13,16H,6,14H2,1-5H3,(H,22,24). The molecule has 28 heavy (non-hydrogen) atoms. The van der Waals surface area contributed by atoms with Crippen molar-refractivity contribution in [2.24, 2.45) is 0 Å². The second-order valence-electron chi connectivity index (χ2n) is 6.88. The van der Waals surface area contributed by atoms with E-state index >= 15 is 0 Å². The van der Waals surface area contributed by atoms with Crippen molar-refractivity contribution in [3.63, 3.8) is 0 Å². The maximum absolute atomic E-state index is 12.9. The van der Waals surface area contributed by atoms with Crippen molar-refractivity contribution in [2.75, 3.05) is 14.2 Å². The van der Waals surface area contributed by atoms with Crippen LogP contribution >= 0.6 is 0 Å². The highest BCUT2D eigenvalue weighted by molar-refractivity contribution is 7.89. The Morgan fingerprint density at radius 1 is 1.18 bits per heavy atom. The first-order chi connectivity index (χ1) is 13.2. The molecule has 7 heteroatoms. The third kappa shape index (κ3) is 5.11. The first kappa shape index (κ1) is 21.9. The maximum atomic E-state index is 12.9. The average molecular weight is 405 g/mol. The maximum Gasteiger partial charge on any atom is 0.251 e. The molecular formula is C21H28N2O4S. The molecule has 2 aromatic rings. The van der Waals surface area contributed by atoms with Crippen LogP contribution in [0.15, 0.2) is 47.4 Å². The number of ether oxygens (including phenoxy) is 1. The number of aryl methyl sites for hydroxylation is 1. The molecule has 2 aromatic carbocycles. The van der Waals surface area contributed by atoms with Crippen molar-refractivity contribution in [3.05, 3.63) is 59.2 Å². The Morgan fingerprint density at radius 3 is 2.39 bits per heavy atom. The van der Waals surface area contributed by atoms with E-state index in [1.165, 1.54) is 18.5 Å². The molecule has 2 rings (SSSR count). The molecule has 0 aliphatic heterocycles. The Kier molecular flexibility index (Phi) is 7.21. The Bertz CT molecular complexity index is 924. The third-order valence-corrected chi connectivity index (χ3v) is 6.47. The Balaban J connectivity index is 2.29. The summed E-state index contributed by atoms with van der Waals surface area (Å²) in [7, 11) is -0.623. The van der Waals surface area contributed by atoms with Crippen LogP contribution in [0, 0.1) is 6.92 Å². The minimum Gasteiger partial charge on any atom is -0.496 e. The highest BCUT2D eigenvalue weighted by atomic mass is 32.2. The molecule has 0 spiro atoms. The Morgan fingerprint density at radius 2 is 1.82 bits per heavy atom. The zero-order valence-electron chi connectivity index (χ0n) is 17.0. The molecule has 1 atom stereocenters. The predicted octanol–water partition coefficient (Wildman–Crippen LogP) is 3.35. The molecule has 1 amide bonds. The molecule has 152 valence electrons. The normalized spacial score (nSPS) is 12.6. The molecule has 0 saturated heterocycles. The van der Waals surface area contributed by atoms with E-state index in [1.54, 1.807) is 42.5 Å². The highest BCUT2D eigenvalue weighted by Crippen LogP contribution is 2.24. The number of rotatable bonds is 8. The van der Waals surface area contributed by atoms with Crippen LogP contribution in [0.5, 0.6) is 5.75 Å². The number of hydrogen-bond acceptors (Lipinski definition) is 4. The highest BCUT2D eigenvalue weighted by Gasteiger charge is 2.22. The molecule has 0 heterocycles. The van der Waals surface area contributed by atoms with Gasteiger partial charge in [0.15, 0.2) is 0 Å². The lowest BCUT2D eigenvalue weighted by Gasteiger charge is -2.20. The fourth-order valence-corrected chi connectivity index (χ4v) is 3.82. The van der Waals surface area contributed by atoms with Crippen molar-refractivity contribution in [1.82, 2.24) is 9.62 Å². The molecular weight excluding hydrogens is 376 g/mol. The van der Waals surface area contributed by atoms with E-state index in [2.05, 4.69) is 5.32 Å². The van der Waals surface area contributed by atoms with Crippen molar-refractivity contribution in [2.45, 2.75) is 44.7 Å². The molecule has 0 fully saturated rings. The van der Waals surface area contributed by atoms with Gasteiger partial charge in [-0.2, -0.15) is 4.31 Å². The quantitative estimate of drug-likeness (QED) is 0.732. The second-order valence-corrected chi connectivity index (χ2v) is 8.93. The van der Waals surface area contributed by atoms with Gasteiger partial charge in [-0.25, -0.2) is 8.42 Å². The molecule has 0 aliphatic carbocycles. The van der Waals surface area contributed by atoms with Gasteiger partial charge < -0.3 is 10.1 Å². The van der Waals surface area contributed by atoms with E-state index in [1.807, 2.05) is 20.8 Å². The molecule has 1 unspecified atom stereocenters. The van der Waals surface area contributed by atoms with E-state index in [9.17, 15) is 13.2 Å². The summed E-state index contributed by atoms with van der Waals surface area (Å²) < 4.78 is 32.3. The molecule has 0 saturated carbocycles. The van der Waals surface area contributed by atoms with E-state index in [4.69, 9.17) is 4.74 Å². The summed E-state index contributed by atoms with van der Waals surface area (Å²) >= 11 is 0. The molecule has 6 nitrogen and oxygen atoms in total. The van der Waals surface area contributed by atoms with Gasteiger partial charge in [0.05, 0.1) is 12.0 Å². The number of carbonyl (C=O) groups is 1. The van der Waals surface area contributed by atoms with E-state index < -0.39 is 10.0 Å². The van der Waals surface area contributed by atoms with Gasteiger partial charge in [-0.05, 0) is 50.6 Å². The van der Waals surface area contributed by atoms with Crippen molar-refractivity contribution in [1.29, 1.82) is 0 Å². The Hall–Kier alpha value is -2.38. The Labute approximate surface area is 167 Å². The van der Waals surface area contributed by atoms with Crippen molar-refractivity contribution < 1.29 is 17.9 Å². The lowest BCUT2D eigenvalue weighted by Crippen LogP contribution is -2.32. The fraction of sp³-hybridized carbons (Fsp3) is 0.381. The summed E-state index contributed by atoms with van der Waals surface area (Å²) in [5.74, 6) is 0.341. The summed E-state index contributed by atoms with van der Waals surface area (Å²) in [5.41, 5.74) is 2.08. The summed E-state index contributed by atoms with van der Waals surface area (Å²) in [6.07, 6.45) is 0.826. The SMILES string of the molecule is CCC(C)NC(=O)c1ccc(OC)c(CN(C)S(=O)(=O)c2ccc(C)cc2)c1. The number of carbonyl (C=O) groups excluding carboxylic acids is 1. The number of nitrogens with zero attached hydrogens (tertiary/aromatic N) is 1. The van der Waals surface area contributed by atoms with Gasteiger partial charge in [0.2, 0.25) is 10.0 Å². The van der Waals surface area contributed by atoms with Crippen LogP contribution in [0.3, 0.4) is 0 Å². The van der Waals surface area contributed by atoms with Gasteiger partial charge in [-0.15, -0.1) is 0 Å². The number of benzene rings is 2. The zero-order valence-corrected chi connectivity index (χ0v) is 17.8. The van der Waals surface area contributed by atoms with Gasteiger partial charge in [-0.3, -0.25) is 4.79 Å². The third-order valence-electron chi connectivity index (χ3n) is 4.65. The molecule has 0 radical (unpaired) electrons. The second kappa shape index (κ2) is 9.21. The smallest absolute Gasteiger partial charge is 0.251 e. The van der Waals surface area contributed by atoms with Crippen molar-refractivity contribution >= 4 is 15.9 Å². The number of sulfonamides is 1. The summed E-state index contributed by atoms with van der Waals surface area (Å²) in [5, 5.41) is 2.91. The van der Waals surface area contributed by atoms with Gasteiger partial charge >= 0.3 is 0 Å². The minimum atomic E-state index is -3.66. The van der Waals surface area contributed by atoms with Crippen LogP contribution in [-0.2, 0) is 16.6 Å². The molecule has 0 aromatic heterocycles.